The van der Waals surface area contributed by atoms with Gasteiger partial charge in [0.2, 0.25) is 17.7 Å². The molecule has 0 aliphatic heterocycles. The van der Waals surface area contributed by atoms with Gasteiger partial charge in [0.05, 0.1) is 6.54 Å². The van der Waals surface area contributed by atoms with Crippen LogP contribution in [0.3, 0.4) is 0 Å². The quantitative estimate of drug-likeness (QED) is 0.823. The highest BCUT2D eigenvalue weighted by atomic mass is 19.2. The van der Waals surface area contributed by atoms with Gasteiger partial charge in [-0.25, -0.2) is 4.39 Å². The largest absolute Gasteiger partial charge is 0.331 e. The number of H-pyrrole nitrogens is 1. The van der Waals surface area contributed by atoms with Gasteiger partial charge in [0.25, 0.3) is 0 Å². The van der Waals surface area contributed by atoms with Gasteiger partial charge >= 0.3 is 5.56 Å². The second-order valence-corrected chi connectivity index (χ2v) is 6.70. The SMILES string of the molecule is CC1=C(Nc2nc(=O)c(F)cn2Cc2cc(F)c(F)[nH]2)C=CC(N(C)C)C=C1. The lowest BCUT2D eigenvalue weighted by molar-refractivity contribution is 0.391. The lowest BCUT2D eigenvalue weighted by atomic mass is 10.2. The number of halogens is 3. The third kappa shape index (κ3) is 4.25. The van der Waals surface area contributed by atoms with E-state index in [2.05, 4.69) is 15.3 Å². The number of hydrogen-bond acceptors (Lipinski definition) is 4. The number of nitrogens with one attached hydrogen (secondary N) is 2. The fourth-order valence-corrected chi connectivity index (χ4v) is 2.74. The Bertz CT molecular complexity index is 1010. The molecule has 1 atom stereocenters. The minimum atomic E-state index is -1.11. The van der Waals surface area contributed by atoms with Gasteiger partial charge < -0.3 is 14.9 Å². The standard InChI is InChI=1S/C19H20F3N5O/c1-11-4-5-13(26(2)3)6-7-16(11)24-19-25-18(28)15(21)10-27(19)9-12-8-14(20)17(22)23-12/h4-8,10,13,23H,9H2,1-3H3,(H,24,25,28). The van der Waals surface area contributed by atoms with Crippen molar-refractivity contribution in [3.05, 3.63) is 81.5 Å². The van der Waals surface area contributed by atoms with Crippen LogP contribution in [-0.2, 0) is 6.54 Å². The van der Waals surface area contributed by atoms with E-state index in [1.54, 1.807) is 0 Å². The van der Waals surface area contributed by atoms with Gasteiger partial charge in [-0.05, 0) is 38.7 Å². The molecule has 1 aliphatic carbocycles. The number of rotatable bonds is 5. The van der Waals surface area contributed by atoms with E-state index in [1.807, 2.05) is 50.2 Å². The number of hydrogen-bond donors (Lipinski definition) is 2. The summed E-state index contributed by atoms with van der Waals surface area (Å²) in [5.74, 6) is -3.15. The fourth-order valence-electron chi connectivity index (χ4n) is 2.74. The second kappa shape index (κ2) is 7.89. The zero-order chi connectivity index (χ0) is 20.4. The molecule has 0 saturated carbocycles. The summed E-state index contributed by atoms with van der Waals surface area (Å²) >= 11 is 0. The molecule has 9 heteroatoms. The summed E-state index contributed by atoms with van der Waals surface area (Å²) < 4.78 is 41.5. The van der Waals surface area contributed by atoms with Crippen LogP contribution in [-0.4, -0.2) is 39.6 Å². The Morgan fingerprint density at radius 3 is 2.57 bits per heavy atom. The maximum absolute atomic E-state index is 13.8. The third-order valence-electron chi connectivity index (χ3n) is 4.35. The third-order valence-corrected chi connectivity index (χ3v) is 4.35. The molecule has 0 spiro atoms. The molecule has 0 fully saturated rings. The average Bonchev–Trinajstić information content (AvgIpc) is 2.82. The maximum Gasteiger partial charge on any atom is 0.310 e. The molecule has 2 N–H and O–H groups in total. The summed E-state index contributed by atoms with van der Waals surface area (Å²) in [6.07, 6.45) is 8.68. The van der Waals surface area contributed by atoms with Crippen LogP contribution in [0.25, 0.3) is 0 Å². The molecule has 2 aromatic rings. The van der Waals surface area contributed by atoms with E-state index >= 15 is 0 Å². The molecule has 0 amide bonds. The number of likely N-dealkylation sites (N-methyl/N-ethyl adjacent to an activating group) is 1. The second-order valence-electron chi connectivity index (χ2n) is 6.70. The number of anilines is 1. The summed E-state index contributed by atoms with van der Waals surface area (Å²) in [6.45, 7) is 1.77. The molecule has 0 radical (unpaired) electrons. The molecular formula is C19H20F3N5O. The summed E-state index contributed by atoms with van der Waals surface area (Å²) in [7, 11) is 3.89. The number of allylic oxidation sites excluding steroid dienone is 3. The van der Waals surface area contributed by atoms with Gasteiger partial charge in [-0.15, -0.1) is 0 Å². The Hall–Kier alpha value is -3.07. The van der Waals surface area contributed by atoms with E-state index in [0.29, 0.717) is 5.70 Å². The molecule has 0 bridgehead atoms. The van der Waals surface area contributed by atoms with E-state index in [4.69, 9.17) is 0 Å². The first kappa shape index (κ1) is 19.7. The van der Waals surface area contributed by atoms with Crippen molar-refractivity contribution in [2.24, 2.45) is 0 Å². The summed E-state index contributed by atoms with van der Waals surface area (Å²) in [6, 6.07) is 1.05. The van der Waals surface area contributed by atoms with Gasteiger partial charge in [-0.1, -0.05) is 18.2 Å². The first-order valence-electron chi connectivity index (χ1n) is 8.55. The van der Waals surface area contributed by atoms with Crippen molar-refractivity contribution < 1.29 is 13.2 Å². The zero-order valence-corrected chi connectivity index (χ0v) is 15.6. The van der Waals surface area contributed by atoms with Gasteiger partial charge in [0, 0.05) is 23.6 Å². The van der Waals surface area contributed by atoms with Crippen molar-refractivity contribution in [1.82, 2.24) is 19.4 Å². The Balaban J connectivity index is 1.95. The number of aromatic nitrogens is 3. The fraction of sp³-hybridized carbons (Fsp3) is 0.263. The van der Waals surface area contributed by atoms with Crippen LogP contribution < -0.4 is 10.9 Å². The van der Waals surface area contributed by atoms with Crippen molar-refractivity contribution in [2.75, 3.05) is 19.4 Å². The molecule has 2 aromatic heterocycles. The van der Waals surface area contributed by atoms with Crippen LogP contribution in [0.1, 0.15) is 12.6 Å². The first-order chi connectivity index (χ1) is 13.2. The molecule has 2 heterocycles. The molecular weight excluding hydrogens is 371 g/mol. The minimum Gasteiger partial charge on any atom is -0.331 e. The molecule has 0 saturated heterocycles. The first-order valence-corrected chi connectivity index (χ1v) is 8.55. The molecule has 3 rings (SSSR count). The Morgan fingerprint density at radius 1 is 1.21 bits per heavy atom. The topological polar surface area (TPSA) is 66.0 Å². The maximum atomic E-state index is 13.8. The van der Waals surface area contributed by atoms with E-state index in [0.717, 1.165) is 17.8 Å². The van der Waals surface area contributed by atoms with Crippen molar-refractivity contribution >= 4 is 5.95 Å². The highest BCUT2D eigenvalue weighted by Crippen LogP contribution is 2.18. The molecule has 0 aromatic carbocycles. The van der Waals surface area contributed by atoms with Crippen LogP contribution in [0.15, 0.2) is 52.6 Å². The monoisotopic (exact) mass is 391 g/mol. The predicted octanol–water partition coefficient (Wildman–Crippen LogP) is 2.78. The van der Waals surface area contributed by atoms with Crippen molar-refractivity contribution in [2.45, 2.75) is 19.5 Å². The summed E-state index contributed by atoms with van der Waals surface area (Å²) in [5.41, 5.74) is 0.678. The Labute approximate surface area is 159 Å². The summed E-state index contributed by atoms with van der Waals surface area (Å²) in [4.78, 5) is 19.7. The number of aromatic amines is 1. The van der Waals surface area contributed by atoms with Crippen molar-refractivity contribution in [3.8, 4) is 0 Å². The van der Waals surface area contributed by atoms with Crippen LogP contribution in [0.2, 0.25) is 0 Å². The molecule has 6 nitrogen and oxygen atoms in total. The van der Waals surface area contributed by atoms with Gasteiger partial charge in [-0.2, -0.15) is 13.8 Å². The lowest BCUT2D eigenvalue weighted by Gasteiger charge is -2.16. The highest BCUT2D eigenvalue weighted by Gasteiger charge is 2.14. The normalized spacial score (nSPS) is 16.8. The van der Waals surface area contributed by atoms with E-state index < -0.39 is 23.1 Å². The van der Waals surface area contributed by atoms with Crippen LogP contribution >= 0.6 is 0 Å². The lowest BCUT2D eigenvalue weighted by Crippen LogP contribution is -2.23. The highest BCUT2D eigenvalue weighted by molar-refractivity contribution is 5.47. The van der Waals surface area contributed by atoms with Gasteiger partial charge in [-0.3, -0.25) is 9.69 Å². The smallest absolute Gasteiger partial charge is 0.310 e. The molecule has 1 aliphatic rings. The molecule has 1 unspecified atom stereocenters. The molecule has 28 heavy (non-hydrogen) atoms. The van der Waals surface area contributed by atoms with Gasteiger partial charge in [0.1, 0.15) is 0 Å². The van der Waals surface area contributed by atoms with E-state index in [9.17, 15) is 18.0 Å². The van der Waals surface area contributed by atoms with Crippen LogP contribution in [0.5, 0.6) is 0 Å². The zero-order valence-electron chi connectivity index (χ0n) is 15.6. The average molecular weight is 391 g/mol. The Kier molecular flexibility index (Phi) is 5.55. The molecule has 148 valence electrons. The van der Waals surface area contributed by atoms with Crippen LogP contribution in [0, 0.1) is 17.6 Å². The minimum absolute atomic E-state index is 0.0533. The van der Waals surface area contributed by atoms with Crippen LogP contribution in [0.4, 0.5) is 19.1 Å². The van der Waals surface area contributed by atoms with E-state index in [-0.39, 0.29) is 24.2 Å². The number of nitrogens with zero attached hydrogens (tertiary/aromatic N) is 3. The predicted molar refractivity (Wildman–Crippen MR) is 100 cm³/mol. The van der Waals surface area contributed by atoms with Crippen molar-refractivity contribution in [3.63, 3.8) is 0 Å². The summed E-state index contributed by atoms with van der Waals surface area (Å²) in [5, 5.41) is 3.02. The van der Waals surface area contributed by atoms with E-state index in [1.165, 1.54) is 4.57 Å². The Morgan fingerprint density at radius 2 is 1.93 bits per heavy atom. The van der Waals surface area contributed by atoms with Gasteiger partial charge in [0.15, 0.2) is 5.82 Å². The van der Waals surface area contributed by atoms with Crippen molar-refractivity contribution in [1.29, 1.82) is 0 Å².